The maximum absolute atomic E-state index is 6.00. The normalized spacial score (nSPS) is 18.0. The molecule has 0 radical (unpaired) electrons. The molecular weight excluding hydrogens is 392 g/mol. The average molecular weight is 422 g/mol. The molecule has 1 aromatic heterocycles. The van der Waals surface area contributed by atoms with Gasteiger partial charge in [0.25, 0.3) is 0 Å². The molecule has 2 heterocycles. The van der Waals surface area contributed by atoms with E-state index in [0.717, 1.165) is 42.1 Å². The molecule has 4 rings (SSSR count). The summed E-state index contributed by atoms with van der Waals surface area (Å²) in [5.74, 6) is 3.00. The quantitative estimate of drug-likeness (QED) is 0.539. The molecule has 1 saturated heterocycles. The standard InChI is InChI=1S/C23H28N6O2/c1-15-7-4-5-8-18(15)25-23-27-21(26-22(24)28-23)14-29-12-6-9-19(29)17-11-10-16(30-2)13-20(17)31-3/h4-5,7-8,10-11,13,19H,6,9,12,14H2,1-3H3,(H3,24,25,26,27,28)/p+1/t19-/m1/s1. The summed E-state index contributed by atoms with van der Waals surface area (Å²) in [5, 5.41) is 3.27. The fourth-order valence-electron chi connectivity index (χ4n) is 4.21. The van der Waals surface area contributed by atoms with Gasteiger partial charge in [0.05, 0.1) is 26.3 Å². The van der Waals surface area contributed by atoms with Crippen molar-refractivity contribution in [2.24, 2.45) is 0 Å². The van der Waals surface area contributed by atoms with Gasteiger partial charge in [0, 0.05) is 24.6 Å². The summed E-state index contributed by atoms with van der Waals surface area (Å²) in [6.07, 6.45) is 2.21. The maximum atomic E-state index is 6.00. The maximum Gasteiger partial charge on any atom is 0.232 e. The van der Waals surface area contributed by atoms with Gasteiger partial charge in [-0.25, -0.2) is 0 Å². The minimum Gasteiger partial charge on any atom is -0.497 e. The highest BCUT2D eigenvalue weighted by molar-refractivity contribution is 5.58. The largest absolute Gasteiger partial charge is 0.497 e. The van der Waals surface area contributed by atoms with E-state index in [1.165, 1.54) is 10.5 Å². The van der Waals surface area contributed by atoms with Crippen molar-refractivity contribution >= 4 is 17.6 Å². The number of quaternary nitrogens is 1. The Morgan fingerprint density at radius 1 is 1.10 bits per heavy atom. The molecule has 8 heteroatoms. The van der Waals surface area contributed by atoms with Crippen molar-refractivity contribution in [3.05, 3.63) is 59.4 Å². The van der Waals surface area contributed by atoms with Crippen LogP contribution >= 0.6 is 0 Å². The van der Waals surface area contributed by atoms with E-state index in [-0.39, 0.29) is 5.95 Å². The molecule has 1 aliphatic rings. The molecule has 0 bridgehead atoms. The summed E-state index contributed by atoms with van der Waals surface area (Å²) in [4.78, 5) is 14.7. The van der Waals surface area contributed by atoms with E-state index in [4.69, 9.17) is 15.2 Å². The first-order valence-electron chi connectivity index (χ1n) is 10.5. The van der Waals surface area contributed by atoms with Gasteiger partial charge in [-0.15, -0.1) is 0 Å². The number of hydrogen-bond donors (Lipinski definition) is 3. The third-order valence-electron chi connectivity index (χ3n) is 5.78. The van der Waals surface area contributed by atoms with Crippen LogP contribution in [0.2, 0.25) is 0 Å². The number of nitrogens with one attached hydrogen (secondary N) is 2. The number of aryl methyl sites for hydroxylation is 1. The summed E-state index contributed by atoms with van der Waals surface area (Å²) < 4.78 is 11.0. The summed E-state index contributed by atoms with van der Waals surface area (Å²) >= 11 is 0. The highest BCUT2D eigenvalue weighted by Gasteiger charge is 2.33. The Morgan fingerprint density at radius 2 is 1.94 bits per heavy atom. The second-order valence-corrected chi connectivity index (χ2v) is 7.76. The minimum atomic E-state index is 0.221. The summed E-state index contributed by atoms with van der Waals surface area (Å²) in [6, 6.07) is 14.3. The molecule has 2 aromatic carbocycles. The van der Waals surface area contributed by atoms with Crippen LogP contribution in [0.15, 0.2) is 42.5 Å². The molecule has 162 valence electrons. The summed E-state index contributed by atoms with van der Waals surface area (Å²) in [7, 11) is 3.36. The third kappa shape index (κ3) is 4.69. The van der Waals surface area contributed by atoms with Crippen molar-refractivity contribution in [1.29, 1.82) is 0 Å². The number of hydrogen-bond acceptors (Lipinski definition) is 7. The van der Waals surface area contributed by atoms with Gasteiger partial charge in [0.15, 0.2) is 5.82 Å². The molecular formula is C23H29N6O2+. The van der Waals surface area contributed by atoms with Gasteiger partial charge in [-0.3, -0.25) is 0 Å². The van der Waals surface area contributed by atoms with E-state index >= 15 is 0 Å². The number of nitrogens with zero attached hydrogens (tertiary/aromatic N) is 3. The Balaban J connectivity index is 1.56. The predicted octanol–water partition coefficient (Wildman–Crippen LogP) is 2.44. The minimum absolute atomic E-state index is 0.221. The Morgan fingerprint density at radius 3 is 2.71 bits per heavy atom. The first-order chi connectivity index (χ1) is 15.1. The van der Waals surface area contributed by atoms with Crippen molar-refractivity contribution in [2.45, 2.75) is 32.4 Å². The molecule has 2 atom stereocenters. The second-order valence-electron chi connectivity index (χ2n) is 7.76. The van der Waals surface area contributed by atoms with E-state index in [2.05, 4.69) is 26.3 Å². The zero-order valence-corrected chi connectivity index (χ0v) is 18.2. The number of likely N-dealkylation sites (tertiary alicyclic amines) is 1. The lowest BCUT2D eigenvalue weighted by molar-refractivity contribution is -0.932. The second kappa shape index (κ2) is 9.18. The zero-order chi connectivity index (χ0) is 21.8. The highest BCUT2D eigenvalue weighted by atomic mass is 16.5. The third-order valence-corrected chi connectivity index (χ3v) is 5.78. The lowest BCUT2D eigenvalue weighted by atomic mass is 10.0. The van der Waals surface area contributed by atoms with Gasteiger partial charge in [-0.2, -0.15) is 15.0 Å². The summed E-state index contributed by atoms with van der Waals surface area (Å²) in [5.41, 5.74) is 9.24. The van der Waals surface area contributed by atoms with Crippen LogP contribution in [0, 0.1) is 6.92 Å². The van der Waals surface area contributed by atoms with Crippen LogP contribution in [0.25, 0.3) is 0 Å². The van der Waals surface area contributed by atoms with Gasteiger partial charge in [-0.05, 0) is 30.7 Å². The van der Waals surface area contributed by atoms with Gasteiger partial charge < -0.3 is 25.4 Å². The zero-order valence-electron chi connectivity index (χ0n) is 18.2. The number of benzene rings is 2. The van der Waals surface area contributed by atoms with Crippen LogP contribution in [0.5, 0.6) is 11.5 Å². The Hall–Kier alpha value is -3.39. The molecule has 0 amide bonds. The van der Waals surface area contributed by atoms with Crippen LogP contribution < -0.4 is 25.4 Å². The number of aromatic nitrogens is 3. The van der Waals surface area contributed by atoms with Gasteiger partial charge in [-0.1, -0.05) is 18.2 Å². The van der Waals surface area contributed by atoms with Crippen molar-refractivity contribution in [3.63, 3.8) is 0 Å². The molecule has 1 unspecified atom stereocenters. The average Bonchev–Trinajstić information content (AvgIpc) is 3.22. The Kier molecular flexibility index (Phi) is 6.18. The molecule has 1 aliphatic heterocycles. The molecule has 0 saturated carbocycles. The number of nitrogen functional groups attached to an aromatic ring is 1. The van der Waals surface area contributed by atoms with E-state index in [9.17, 15) is 0 Å². The lowest BCUT2D eigenvalue weighted by Crippen LogP contribution is -3.09. The van der Waals surface area contributed by atoms with Crippen LogP contribution in [0.1, 0.15) is 35.8 Å². The van der Waals surface area contributed by atoms with Crippen LogP contribution in [0.4, 0.5) is 17.6 Å². The number of methoxy groups -OCH3 is 2. The van der Waals surface area contributed by atoms with E-state index in [1.54, 1.807) is 14.2 Å². The van der Waals surface area contributed by atoms with E-state index in [1.807, 2.05) is 43.3 Å². The Bertz CT molecular complexity index is 1060. The molecule has 4 N–H and O–H groups in total. The van der Waals surface area contributed by atoms with Crippen molar-refractivity contribution in [3.8, 4) is 11.5 Å². The molecule has 0 aliphatic carbocycles. The number of para-hydroxylation sites is 1. The van der Waals surface area contributed by atoms with Crippen molar-refractivity contribution in [1.82, 2.24) is 15.0 Å². The molecule has 31 heavy (non-hydrogen) atoms. The van der Waals surface area contributed by atoms with Gasteiger partial charge >= 0.3 is 0 Å². The van der Waals surface area contributed by atoms with Gasteiger partial charge in [0.1, 0.15) is 24.1 Å². The number of nitrogens with two attached hydrogens (primary N) is 1. The number of rotatable bonds is 7. The molecule has 3 aromatic rings. The van der Waals surface area contributed by atoms with E-state index < -0.39 is 0 Å². The molecule has 8 nitrogen and oxygen atoms in total. The smallest absolute Gasteiger partial charge is 0.232 e. The topological polar surface area (TPSA) is 99.6 Å². The fraction of sp³-hybridized carbons (Fsp3) is 0.348. The van der Waals surface area contributed by atoms with Crippen molar-refractivity contribution in [2.75, 3.05) is 31.8 Å². The SMILES string of the molecule is COc1ccc([C@H]2CCC[NH+]2Cc2nc(N)nc(Nc3ccccc3C)n2)c(OC)c1. The van der Waals surface area contributed by atoms with Crippen LogP contribution in [-0.2, 0) is 6.54 Å². The van der Waals surface area contributed by atoms with E-state index in [0.29, 0.717) is 24.4 Å². The Labute approximate surface area is 182 Å². The molecule has 1 fully saturated rings. The first-order valence-corrected chi connectivity index (χ1v) is 10.5. The van der Waals surface area contributed by atoms with Crippen molar-refractivity contribution < 1.29 is 14.4 Å². The fourth-order valence-corrected chi connectivity index (χ4v) is 4.21. The van der Waals surface area contributed by atoms with Crippen LogP contribution in [-0.4, -0.2) is 35.7 Å². The lowest BCUT2D eigenvalue weighted by Gasteiger charge is -2.23. The number of ether oxygens (including phenoxy) is 2. The first kappa shape index (κ1) is 20.9. The monoisotopic (exact) mass is 421 g/mol. The summed E-state index contributed by atoms with van der Waals surface area (Å²) in [6.45, 7) is 3.73. The highest BCUT2D eigenvalue weighted by Crippen LogP contribution is 2.31. The molecule has 0 spiro atoms. The predicted molar refractivity (Wildman–Crippen MR) is 120 cm³/mol. The van der Waals surface area contributed by atoms with Crippen LogP contribution in [0.3, 0.4) is 0 Å². The number of anilines is 3. The van der Waals surface area contributed by atoms with Gasteiger partial charge in [0.2, 0.25) is 11.9 Å².